The van der Waals surface area contributed by atoms with Gasteiger partial charge in [0.15, 0.2) is 11.8 Å². The first-order valence-electron chi connectivity index (χ1n) is 7.69. The van der Waals surface area contributed by atoms with Crippen molar-refractivity contribution in [2.24, 2.45) is 5.73 Å². The number of anilines is 1. The van der Waals surface area contributed by atoms with Crippen LogP contribution in [0.4, 0.5) is 5.00 Å². The topological polar surface area (TPSA) is 116 Å². The van der Waals surface area contributed by atoms with E-state index in [1.807, 2.05) is 19.1 Å². The monoisotopic (exact) mass is 372 g/mol. The van der Waals surface area contributed by atoms with Gasteiger partial charge in [0.25, 0.3) is 11.8 Å². The Morgan fingerprint density at radius 2 is 2.12 bits per heavy atom. The average molecular weight is 372 g/mol. The molecular weight excluding hydrogens is 356 g/mol. The maximum atomic E-state index is 12.2. The van der Waals surface area contributed by atoms with Crippen molar-refractivity contribution in [2.45, 2.75) is 20.0 Å². The van der Waals surface area contributed by atoms with Gasteiger partial charge in [-0.25, -0.2) is 9.78 Å². The highest BCUT2D eigenvalue weighted by Crippen LogP contribution is 2.23. The summed E-state index contributed by atoms with van der Waals surface area (Å²) in [6.45, 7) is 3.36. The summed E-state index contributed by atoms with van der Waals surface area (Å²) in [5, 5.41) is 4.48. The van der Waals surface area contributed by atoms with Crippen molar-refractivity contribution in [3.63, 3.8) is 0 Å². The van der Waals surface area contributed by atoms with Gasteiger partial charge >= 0.3 is 5.97 Å². The second kappa shape index (κ2) is 6.96. The number of amides is 2. The number of nitrogens with two attached hydrogens (primary N) is 1. The van der Waals surface area contributed by atoms with E-state index >= 15 is 0 Å². The number of pyridine rings is 1. The molecule has 2 amide bonds. The smallest absolute Gasteiger partial charge is 0.359 e. The van der Waals surface area contributed by atoms with Crippen molar-refractivity contribution in [3.05, 3.63) is 52.8 Å². The highest BCUT2D eigenvalue weighted by Gasteiger charge is 2.22. The molecule has 134 valence electrons. The molecule has 0 aromatic carbocycles. The SMILES string of the molecule is Cc1ccn2cc(C(=O)O[C@@H](C)C(=O)Nc3sccc3C(N)=O)nc2c1. The van der Waals surface area contributed by atoms with E-state index in [0.717, 1.165) is 16.9 Å². The van der Waals surface area contributed by atoms with E-state index in [4.69, 9.17) is 10.5 Å². The first kappa shape index (κ1) is 17.6. The second-order valence-corrected chi connectivity index (χ2v) is 6.58. The Morgan fingerprint density at radius 3 is 2.85 bits per heavy atom. The molecule has 0 spiro atoms. The molecule has 0 aliphatic heterocycles. The predicted molar refractivity (Wildman–Crippen MR) is 96.3 cm³/mol. The summed E-state index contributed by atoms with van der Waals surface area (Å²) in [5.41, 5.74) is 7.16. The van der Waals surface area contributed by atoms with Gasteiger partial charge < -0.3 is 20.2 Å². The predicted octanol–water partition coefficient (Wildman–Crippen LogP) is 1.99. The molecule has 0 saturated heterocycles. The number of hydrogen-bond acceptors (Lipinski definition) is 6. The van der Waals surface area contributed by atoms with E-state index < -0.39 is 23.9 Å². The Balaban J connectivity index is 1.68. The third-order valence-corrected chi connectivity index (χ3v) is 4.48. The number of carbonyl (C=O) groups excluding carboxylic acids is 3. The molecule has 0 aliphatic rings. The van der Waals surface area contributed by atoms with Crippen LogP contribution in [0.5, 0.6) is 0 Å². The van der Waals surface area contributed by atoms with E-state index in [9.17, 15) is 14.4 Å². The lowest BCUT2D eigenvalue weighted by Gasteiger charge is -2.12. The minimum Gasteiger partial charge on any atom is -0.448 e. The number of primary amides is 1. The molecule has 8 nitrogen and oxygen atoms in total. The van der Waals surface area contributed by atoms with Gasteiger partial charge in [-0.2, -0.15) is 0 Å². The number of hydrogen-bond donors (Lipinski definition) is 2. The summed E-state index contributed by atoms with van der Waals surface area (Å²) in [6, 6.07) is 5.23. The first-order valence-corrected chi connectivity index (χ1v) is 8.57. The molecule has 0 bridgehead atoms. The van der Waals surface area contributed by atoms with Gasteiger partial charge in [0.1, 0.15) is 10.6 Å². The van der Waals surface area contributed by atoms with Crippen LogP contribution in [0.2, 0.25) is 0 Å². The Bertz CT molecular complexity index is 1010. The van der Waals surface area contributed by atoms with Crippen molar-refractivity contribution < 1.29 is 19.1 Å². The van der Waals surface area contributed by atoms with Gasteiger partial charge in [0.2, 0.25) is 0 Å². The molecule has 3 N–H and O–H groups in total. The molecule has 9 heteroatoms. The molecule has 0 fully saturated rings. The van der Waals surface area contributed by atoms with E-state index in [-0.39, 0.29) is 11.3 Å². The van der Waals surface area contributed by atoms with Gasteiger partial charge in [-0.15, -0.1) is 11.3 Å². The van der Waals surface area contributed by atoms with Crippen molar-refractivity contribution in [3.8, 4) is 0 Å². The lowest BCUT2D eigenvalue weighted by molar-refractivity contribution is -0.123. The molecule has 26 heavy (non-hydrogen) atoms. The van der Waals surface area contributed by atoms with E-state index in [0.29, 0.717) is 10.6 Å². The van der Waals surface area contributed by atoms with E-state index in [1.54, 1.807) is 16.0 Å². The second-order valence-electron chi connectivity index (χ2n) is 5.66. The fraction of sp³-hybridized carbons (Fsp3) is 0.176. The number of aromatic nitrogens is 2. The Kier molecular flexibility index (Phi) is 4.72. The number of nitrogens with zero attached hydrogens (tertiary/aromatic N) is 2. The van der Waals surface area contributed by atoms with Gasteiger partial charge in [-0.05, 0) is 43.0 Å². The highest BCUT2D eigenvalue weighted by molar-refractivity contribution is 7.14. The third kappa shape index (κ3) is 3.57. The molecule has 0 saturated carbocycles. The third-order valence-electron chi connectivity index (χ3n) is 3.65. The first-order chi connectivity index (χ1) is 12.3. The maximum absolute atomic E-state index is 12.2. The number of aryl methyl sites for hydroxylation is 1. The van der Waals surface area contributed by atoms with Crippen LogP contribution in [0, 0.1) is 6.92 Å². The molecule has 3 aromatic heterocycles. The van der Waals surface area contributed by atoms with Crippen LogP contribution in [0.25, 0.3) is 5.65 Å². The van der Waals surface area contributed by atoms with Crippen LogP contribution in [-0.4, -0.2) is 33.3 Å². The van der Waals surface area contributed by atoms with Crippen LogP contribution < -0.4 is 11.1 Å². The summed E-state index contributed by atoms with van der Waals surface area (Å²) >= 11 is 1.15. The van der Waals surface area contributed by atoms with Gasteiger partial charge in [0.05, 0.1) is 5.56 Å². The van der Waals surface area contributed by atoms with E-state index in [1.165, 1.54) is 19.2 Å². The summed E-state index contributed by atoms with van der Waals surface area (Å²) in [6.07, 6.45) is 2.25. The Hall–Kier alpha value is -3.20. The number of fused-ring (bicyclic) bond motifs is 1. The Morgan fingerprint density at radius 1 is 1.35 bits per heavy atom. The zero-order chi connectivity index (χ0) is 18.8. The molecular formula is C17H16N4O4S. The fourth-order valence-electron chi connectivity index (χ4n) is 2.27. The summed E-state index contributed by atoms with van der Waals surface area (Å²) < 4.78 is 6.86. The molecule has 3 rings (SSSR count). The largest absolute Gasteiger partial charge is 0.448 e. The maximum Gasteiger partial charge on any atom is 0.359 e. The van der Waals surface area contributed by atoms with Crippen LogP contribution in [-0.2, 0) is 9.53 Å². The van der Waals surface area contributed by atoms with Crippen LogP contribution >= 0.6 is 11.3 Å². The molecule has 0 radical (unpaired) electrons. The van der Waals surface area contributed by atoms with Gasteiger partial charge in [-0.3, -0.25) is 9.59 Å². The molecule has 1 atom stereocenters. The fourth-order valence-corrected chi connectivity index (χ4v) is 3.07. The van der Waals surface area contributed by atoms with Crippen LogP contribution in [0.3, 0.4) is 0 Å². The van der Waals surface area contributed by atoms with Crippen molar-refractivity contribution in [2.75, 3.05) is 5.32 Å². The molecule has 3 aromatic rings. The highest BCUT2D eigenvalue weighted by atomic mass is 32.1. The minimum absolute atomic E-state index is 0.101. The number of imidazole rings is 1. The van der Waals surface area contributed by atoms with Crippen LogP contribution in [0.1, 0.15) is 33.3 Å². The lowest BCUT2D eigenvalue weighted by Crippen LogP contribution is -2.30. The number of rotatable bonds is 5. The standard InChI is InChI=1S/C17H16N4O4S/c1-9-3-5-21-8-12(19-13(21)7-9)17(24)25-10(2)15(23)20-16-11(14(18)22)4-6-26-16/h3-8,10H,1-2H3,(H2,18,22)(H,20,23)/t10-/m0/s1. The Labute approximate surface area is 152 Å². The summed E-state index contributed by atoms with van der Waals surface area (Å²) in [5.74, 6) is -1.93. The van der Waals surface area contributed by atoms with Crippen LogP contribution in [0.15, 0.2) is 36.0 Å². The number of nitrogens with one attached hydrogen (secondary N) is 1. The van der Waals surface area contributed by atoms with Crippen molar-refractivity contribution >= 4 is 39.8 Å². The zero-order valence-electron chi connectivity index (χ0n) is 14.1. The van der Waals surface area contributed by atoms with Gasteiger partial charge in [0, 0.05) is 12.4 Å². The molecule has 0 aliphatic carbocycles. The van der Waals surface area contributed by atoms with Crippen molar-refractivity contribution in [1.82, 2.24) is 9.38 Å². The quantitative estimate of drug-likeness (QED) is 0.665. The summed E-state index contributed by atoms with van der Waals surface area (Å²) in [4.78, 5) is 39.9. The molecule has 0 unspecified atom stereocenters. The zero-order valence-corrected chi connectivity index (χ0v) is 14.9. The lowest BCUT2D eigenvalue weighted by atomic mass is 10.3. The number of esters is 1. The molecule has 3 heterocycles. The average Bonchev–Trinajstić information content (AvgIpc) is 3.20. The van der Waals surface area contributed by atoms with Gasteiger partial charge in [-0.1, -0.05) is 0 Å². The normalized spacial score (nSPS) is 11.9. The number of ether oxygens (including phenoxy) is 1. The number of carbonyl (C=O) groups is 3. The van der Waals surface area contributed by atoms with Crippen molar-refractivity contribution in [1.29, 1.82) is 0 Å². The van der Waals surface area contributed by atoms with E-state index in [2.05, 4.69) is 10.3 Å². The number of thiophene rings is 1. The summed E-state index contributed by atoms with van der Waals surface area (Å²) in [7, 11) is 0. The minimum atomic E-state index is -1.07.